The summed E-state index contributed by atoms with van der Waals surface area (Å²) in [5.41, 5.74) is 0.572. The van der Waals surface area contributed by atoms with Crippen molar-refractivity contribution in [1.29, 1.82) is 0 Å². The number of methoxy groups -OCH3 is 1. The number of halogens is 1. The van der Waals surface area contributed by atoms with Crippen molar-refractivity contribution in [3.05, 3.63) is 52.4 Å². The molecule has 1 aromatic heterocycles. The van der Waals surface area contributed by atoms with Gasteiger partial charge in [-0.3, -0.25) is 4.79 Å². The number of furan rings is 1. The molecule has 0 bridgehead atoms. The van der Waals surface area contributed by atoms with Gasteiger partial charge in [0.25, 0.3) is 0 Å². The molecule has 0 spiro atoms. The summed E-state index contributed by atoms with van der Waals surface area (Å²) in [4.78, 5) is 11.9. The van der Waals surface area contributed by atoms with E-state index in [-0.39, 0.29) is 5.78 Å². The van der Waals surface area contributed by atoms with Crippen LogP contribution in [0.5, 0.6) is 5.75 Å². The standard InChI is InChI=1S/C12H9BrO3/c1-15-9-4-2-8(3-5-9)12(14)10-6-7-11(13)16-10/h2-7H,1H3. The van der Waals surface area contributed by atoms with E-state index in [2.05, 4.69) is 15.9 Å². The first-order valence-electron chi connectivity index (χ1n) is 4.65. The summed E-state index contributed by atoms with van der Waals surface area (Å²) in [6.45, 7) is 0. The van der Waals surface area contributed by atoms with Crippen molar-refractivity contribution >= 4 is 21.7 Å². The van der Waals surface area contributed by atoms with Crippen LogP contribution in [0.25, 0.3) is 0 Å². The molecule has 16 heavy (non-hydrogen) atoms. The fourth-order valence-electron chi connectivity index (χ4n) is 1.32. The van der Waals surface area contributed by atoms with Crippen LogP contribution >= 0.6 is 15.9 Å². The molecular weight excluding hydrogens is 272 g/mol. The van der Waals surface area contributed by atoms with Gasteiger partial charge in [-0.05, 0) is 52.3 Å². The Morgan fingerprint density at radius 2 is 1.88 bits per heavy atom. The Hall–Kier alpha value is -1.55. The molecule has 0 saturated heterocycles. The van der Waals surface area contributed by atoms with Crippen LogP contribution in [0.4, 0.5) is 0 Å². The monoisotopic (exact) mass is 280 g/mol. The lowest BCUT2D eigenvalue weighted by Gasteiger charge is -2.00. The van der Waals surface area contributed by atoms with Gasteiger partial charge in [-0.2, -0.15) is 0 Å². The van der Waals surface area contributed by atoms with Crippen molar-refractivity contribution in [1.82, 2.24) is 0 Å². The highest BCUT2D eigenvalue weighted by molar-refractivity contribution is 9.10. The molecule has 0 fully saturated rings. The maximum Gasteiger partial charge on any atom is 0.228 e. The van der Waals surface area contributed by atoms with E-state index < -0.39 is 0 Å². The summed E-state index contributed by atoms with van der Waals surface area (Å²) in [5.74, 6) is 0.891. The van der Waals surface area contributed by atoms with Crippen LogP contribution in [0.15, 0.2) is 45.5 Å². The third-order valence-electron chi connectivity index (χ3n) is 2.15. The number of hydrogen-bond acceptors (Lipinski definition) is 3. The van der Waals surface area contributed by atoms with Crippen molar-refractivity contribution in [2.45, 2.75) is 0 Å². The highest BCUT2D eigenvalue weighted by Crippen LogP contribution is 2.19. The van der Waals surface area contributed by atoms with Crippen molar-refractivity contribution in [2.24, 2.45) is 0 Å². The Kier molecular flexibility index (Phi) is 3.10. The van der Waals surface area contributed by atoms with E-state index in [0.29, 0.717) is 16.0 Å². The predicted octanol–water partition coefficient (Wildman–Crippen LogP) is 3.28. The van der Waals surface area contributed by atoms with Crippen molar-refractivity contribution in [3.63, 3.8) is 0 Å². The molecule has 2 rings (SSSR count). The number of carbonyl (C=O) groups excluding carboxylic acids is 1. The molecule has 0 saturated carbocycles. The van der Waals surface area contributed by atoms with Crippen LogP contribution in [0.1, 0.15) is 16.1 Å². The molecule has 0 aliphatic carbocycles. The Morgan fingerprint density at radius 3 is 2.38 bits per heavy atom. The van der Waals surface area contributed by atoms with Gasteiger partial charge in [0, 0.05) is 5.56 Å². The van der Waals surface area contributed by atoms with Crippen LogP contribution in [0, 0.1) is 0 Å². The number of benzene rings is 1. The summed E-state index contributed by atoms with van der Waals surface area (Å²) < 4.78 is 10.8. The maximum absolute atomic E-state index is 11.9. The largest absolute Gasteiger partial charge is 0.497 e. The van der Waals surface area contributed by atoms with Crippen LogP contribution in [0.2, 0.25) is 0 Å². The fraction of sp³-hybridized carbons (Fsp3) is 0.0833. The first kappa shape index (κ1) is 11.0. The molecule has 0 aliphatic heterocycles. The molecule has 4 heteroatoms. The average Bonchev–Trinajstić information content (AvgIpc) is 2.75. The summed E-state index contributed by atoms with van der Waals surface area (Å²) in [5, 5.41) is 0. The zero-order valence-electron chi connectivity index (χ0n) is 8.57. The summed E-state index contributed by atoms with van der Waals surface area (Å²) in [6.07, 6.45) is 0. The molecule has 0 radical (unpaired) electrons. The van der Waals surface area contributed by atoms with Gasteiger partial charge in [-0.25, -0.2) is 0 Å². The second-order valence-electron chi connectivity index (χ2n) is 3.16. The summed E-state index contributed by atoms with van der Waals surface area (Å²) in [7, 11) is 1.58. The topological polar surface area (TPSA) is 39.4 Å². The summed E-state index contributed by atoms with van der Waals surface area (Å²) in [6, 6.07) is 10.2. The number of rotatable bonds is 3. The van der Waals surface area contributed by atoms with Gasteiger partial charge in [-0.15, -0.1) is 0 Å². The van der Waals surface area contributed by atoms with Gasteiger partial charge in [-0.1, -0.05) is 0 Å². The van der Waals surface area contributed by atoms with Gasteiger partial charge >= 0.3 is 0 Å². The molecule has 1 heterocycles. The van der Waals surface area contributed by atoms with E-state index in [0.717, 1.165) is 5.75 Å². The average molecular weight is 281 g/mol. The number of ketones is 1. The van der Waals surface area contributed by atoms with E-state index in [1.165, 1.54) is 0 Å². The van der Waals surface area contributed by atoms with Crippen molar-refractivity contribution in [3.8, 4) is 5.75 Å². The molecule has 2 aromatic rings. The molecule has 0 aliphatic rings. The van der Waals surface area contributed by atoms with Crippen LogP contribution in [0.3, 0.4) is 0 Å². The quantitative estimate of drug-likeness (QED) is 0.810. The minimum Gasteiger partial charge on any atom is -0.497 e. The lowest BCUT2D eigenvalue weighted by molar-refractivity contribution is 0.101. The normalized spacial score (nSPS) is 10.1. The molecule has 0 amide bonds. The van der Waals surface area contributed by atoms with Gasteiger partial charge in [0.15, 0.2) is 10.4 Å². The van der Waals surface area contributed by atoms with E-state index in [4.69, 9.17) is 9.15 Å². The Morgan fingerprint density at radius 1 is 1.19 bits per heavy atom. The van der Waals surface area contributed by atoms with E-state index in [9.17, 15) is 4.79 Å². The third-order valence-corrected chi connectivity index (χ3v) is 2.58. The first-order chi connectivity index (χ1) is 7.70. The predicted molar refractivity (Wildman–Crippen MR) is 62.8 cm³/mol. The third kappa shape index (κ3) is 2.17. The van der Waals surface area contributed by atoms with E-state index in [1.54, 1.807) is 43.5 Å². The van der Waals surface area contributed by atoms with Gasteiger partial charge in [0.2, 0.25) is 5.78 Å². The number of hydrogen-bond donors (Lipinski definition) is 0. The number of carbonyl (C=O) groups is 1. The van der Waals surface area contributed by atoms with Gasteiger partial charge in [0.05, 0.1) is 7.11 Å². The molecule has 3 nitrogen and oxygen atoms in total. The van der Waals surface area contributed by atoms with E-state index in [1.807, 2.05) is 0 Å². The zero-order chi connectivity index (χ0) is 11.5. The Bertz CT molecular complexity index is 499. The highest BCUT2D eigenvalue weighted by Gasteiger charge is 2.12. The minimum absolute atomic E-state index is 0.145. The second-order valence-corrected chi connectivity index (χ2v) is 3.94. The lowest BCUT2D eigenvalue weighted by atomic mass is 10.1. The maximum atomic E-state index is 11.9. The molecule has 1 aromatic carbocycles. The van der Waals surface area contributed by atoms with Crippen LogP contribution in [-0.4, -0.2) is 12.9 Å². The molecule has 82 valence electrons. The van der Waals surface area contributed by atoms with Gasteiger partial charge in [0.1, 0.15) is 5.75 Å². The Balaban J connectivity index is 2.27. The smallest absolute Gasteiger partial charge is 0.228 e. The molecular formula is C12H9BrO3. The second kappa shape index (κ2) is 4.53. The van der Waals surface area contributed by atoms with Crippen molar-refractivity contribution in [2.75, 3.05) is 7.11 Å². The fourth-order valence-corrected chi connectivity index (χ4v) is 1.63. The highest BCUT2D eigenvalue weighted by atomic mass is 79.9. The SMILES string of the molecule is COc1ccc(C(=O)c2ccc(Br)o2)cc1. The van der Waals surface area contributed by atoms with Crippen molar-refractivity contribution < 1.29 is 13.9 Å². The van der Waals surface area contributed by atoms with Crippen LogP contribution in [-0.2, 0) is 0 Å². The summed E-state index contributed by atoms with van der Waals surface area (Å²) >= 11 is 3.16. The zero-order valence-corrected chi connectivity index (χ0v) is 10.2. The first-order valence-corrected chi connectivity index (χ1v) is 5.44. The van der Waals surface area contributed by atoms with Crippen LogP contribution < -0.4 is 4.74 Å². The Labute approximate surface area is 101 Å². The van der Waals surface area contributed by atoms with E-state index >= 15 is 0 Å². The number of ether oxygens (including phenoxy) is 1. The molecule has 0 unspecified atom stereocenters. The lowest BCUT2D eigenvalue weighted by Crippen LogP contribution is -1.99. The molecule has 0 atom stereocenters. The molecule has 0 N–H and O–H groups in total. The van der Waals surface area contributed by atoms with Gasteiger partial charge < -0.3 is 9.15 Å². The minimum atomic E-state index is -0.145.